The van der Waals surface area contributed by atoms with Crippen molar-refractivity contribution in [2.45, 2.75) is 19.4 Å². The van der Waals surface area contributed by atoms with Crippen LogP contribution >= 0.6 is 0 Å². The molecule has 4 heterocycles. The summed E-state index contributed by atoms with van der Waals surface area (Å²) in [5, 5.41) is 8.55. The SMILES string of the molecule is CNC(=O)c1ccc2c(-c3c(-c4ccccn4)nn4c3CCC4)ccnc2c1. The van der Waals surface area contributed by atoms with E-state index in [1.165, 1.54) is 5.69 Å². The van der Waals surface area contributed by atoms with Gasteiger partial charge in [0.2, 0.25) is 0 Å². The minimum Gasteiger partial charge on any atom is -0.355 e. The van der Waals surface area contributed by atoms with Crippen LogP contribution in [-0.4, -0.2) is 32.7 Å². The lowest BCUT2D eigenvalue weighted by molar-refractivity contribution is 0.0963. The largest absolute Gasteiger partial charge is 0.355 e. The predicted octanol–water partition coefficient (Wildman–Crippen LogP) is 3.47. The zero-order chi connectivity index (χ0) is 19.1. The maximum Gasteiger partial charge on any atom is 0.251 e. The lowest BCUT2D eigenvalue weighted by atomic mass is 9.96. The second-order valence-electron chi connectivity index (χ2n) is 6.88. The normalized spacial score (nSPS) is 12.9. The number of carbonyl (C=O) groups excluding carboxylic acids is 1. The van der Waals surface area contributed by atoms with Crippen LogP contribution in [0.2, 0.25) is 0 Å². The third-order valence-corrected chi connectivity index (χ3v) is 5.25. The number of benzene rings is 1. The zero-order valence-corrected chi connectivity index (χ0v) is 15.5. The van der Waals surface area contributed by atoms with Crippen molar-refractivity contribution in [3.8, 4) is 22.5 Å². The van der Waals surface area contributed by atoms with Gasteiger partial charge in [-0.1, -0.05) is 12.1 Å². The second-order valence-corrected chi connectivity index (χ2v) is 6.88. The molecule has 1 amide bonds. The smallest absolute Gasteiger partial charge is 0.251 e. The Morgan fingerprint density at radius 1 is 1.11 bits per heavy atom. The van der Waals surface area contributed by atoms with E-state index in [0.29, 0.717) is 5.56 Å². The van der Waals surface area contributed by atoms with E-state index in [1.54, 1.807) is 19.4 Å². The summed E-state index contributed by atoms with van der Waals surface area (Å²) in [4.78, 5) is 21.0. The van der Waals surface area contributed by atoms with Crippen LogP contribution in [0.3, 0.4) is 0 Å². The van der Waals surface area contributed by atoms with Crippen molar-refractivity contribution in [1.82, 2.24) is 25.1 Å². The molecule has 0 unspecified atom stereocenters. The van der Waals surface area contributed by atoms with Crippen molar-refractivity contribution >= 4 is 16.8 Å². The van der Waals surface area contributed by atoms with Gasteiger partial charge >= 0.3 is 0 Å². The maximum atomic E-state index is 12.0. The minimum absolute atomic E-state index is 0.116. The molecular weight excluding hydrogens is 350 g/mol. The predicted molar refractivity (Wildman–Crippen MR) is 108 cm³/mol. The van der Waals surface area contributed by atoms with Crippen LogP contribution in [0.1, 0.15) is 22.5 Å². The number of fused-ring (bicyclic) bond motifs is 2. The Labute approximate surface area is 162 Å². The number of carbonyl (C=O) groups is 1. The summed E-state index contributed by atoms with van der Waals surface area (Å²) in [6.07, 6.45) is 5.69. The van der Waals surface area contributed by atoms with Crippen molar-refractivity contribution in [3.63, 3.8) is 0 Å². The molecule has 0 fully saturated rings. The molecular formula is C22H19N5O. The average molecular weight is 369 g/mol. The fraction of sp³-hybridized carbons (Fsp3) is 0.182. The standard InChI is InChI=1S/C22H19N5O/c1-23-22(28)14-7-8-15-16(9-11-25-18(15)13-14)20-19-6-4-12-27(19)26-21(20)17-5-2-3-10-24-17/h2-3,5,7-11,13H,4,6,12H2,1H3,(H,23,28). The van der Waals surface area contributed by atoms with Gasteiger partial charge in [0, 0.05) is 48.2 Å². The molecule has 1 aliphatic rings. The van der Waals surface area contributed by atoms with Gasteiger partial charge in [-0.05, 0) is 48.7 Å². The van der Waals surface area contributed by atoms with Crippen molar-refractivity contribution in [2.75, 3.05) is 7.05 Å². The van der Waals surface area contributed by atoms with Gasteiger partial charge in [-0.3, -0.25) is 19.4 Å². The van der Waals surface area contributed by atoms with Gasteiger partial charge in [-0.2, -0.15) is 5.10 Å². The molecule has 6 heteroatoms. The van der Waals surface area contributed by atoms with Crippen molar-refractivity contribution in [1.29, 1.82) is 0 Å². The molecule has 1 N–H and O–H groups in total. The van der Waals surface area contributed by atoms with Gasteiger partial charge in [-0.15, -0.1) is 0 Å². The molecule has 0 saturated heterocycles. The van der Waals surface area contributed by atoms with Gasteiger partial charge in [0.15, 0.2) is 0 Å². The highest BCUT2D eigenvalue weighted by molar-refractivity contribution is 6.03. The summed E-state index contributed by atoms with van der Waals surface area (Å²) < 4.78 is 2.10. The molecule has 1 aromatic carbocycles. The van der Waals surface area contributed by atoms with Crippen LogP contribution in [0.15, 0.2) is 54.9 Å². The van der Waals surface area contributed by atoms with E-state index in [4.69, 9.17) is 5.10 Å². The molecule has 1 aliphatic heterocycles. The lowest BCUT2D eigenvalue weighted by Crippen LogP contribution is -2.17. The Morgan fingerprint density at radius 3 is 2.86 bits per heavy atom. The van der Waals surface area contributed by atoms with E-state index in [0.717, 1.165) is 52.8 Å². The Hall–Kier alpha value is -3.54. The zero-order valence-electron chi connectivity index (χ0n) is 15.5. The third kappa shape index (κ3) is 2.57. The van der Waals surface area contributed by atoms with E-state index < -0.39 is 0 Å². The van der Waals surface area contributed by atoms with Gasteiger partial charge < -0.3 is 5.32 Å². The van der Waals surface area contributed by atoms with Crippen LogP contribution < -0.4 is 5.32 Å². The topological polar surface area (TPSA) is 72.7 Å². The number of rotatable bonds is 3. The minimum atomic E-state index is -0.116. The highest BCUT2D eigenvalue weighted by Crippen LogP contribution is 2.39. The number of aromatic nitrogens is 4. The average Bonchev–Trinajstić information content (AvgIpc) is 3.34. The van der Waals surface area contributed by atoms with Gasteiger partial charge in [0.1, 0.15) is 5.69 Å². The molecule has 6 nitrogen and oxygen atoms in total. The Kier molecular flexibility index (Phi) is 3.90. The molecule has 0 aliphatic carbocycles. The van der Waals surface area contributed by atoms with Crippen molar-refractivity contribution < 1.29 is 4.79 Å². The first-order valence-electron chi connectivity index (χ1n) is 9.38. The summed E-state index contributed by atoms with van der Waals surface area (Å²) in [6, 6.07) is 13.6. The summed E-state index contributed by atoms with van der Waals surface area (Å²) >= 11 is 0. The first-order chi connectivity index (χ1) is 13.8. The van der Waals surface area contributed by atoms with E-state index in [-0.39, 0.29) is 5.91 Å². The summed E-state index contributed by atoms with van der Waals surface area (Å²) in [6.45, 7) is 0.930. The molecule has 0 bridgehead atoms. The first-order valence-corrected chi connectivity index (χ1v) is 9.38. The number of nitrogens with one attached hydrogen (secondary N) is 1. The molecule has 0 saturated carbocycles. The van der Waals surface area contributed by atoms with Crippen LogP contribution in [0.25, 0.3) is 33.4 Å². The molecule has 3 aromatic heterocycles. The fourth-order valence-corrected chi connectivity index (χ4v) is 3.95. The molecule has 5 rings (SSSR count). The number of aryl methyl sites for hydroxylation is 1. The Bertz CT molecular complexity index is 1200. The number of hydrogen-bond donors (Lipinski definition) is 1. The Balaban J connectivity index is 1.76. The maximum absolute atomic E-state index is 12.0. The third-order valence-electron chi connectivity index (χ3n) is 5.25. The van der Waals surface area contributed by atoms with E-state index >= 15 is 0 Å². The highest BCUT2D eigenvalue weighted by atomic mass is 16.1. The lowest BCUT2D eigenvalue weighted by Gasteiger charge is -2.10. The van der Waals surface area contributed by atoms with Crippen molar-refractivity contribution in [3.05, 3.63) is 66.1 Å². The summed E-state index contributed by atoms with van der Waals surface area (Å²) in [7, 11) is 1.63. The first kappa shape index (κ1) is 16.6. The van der Waals surface area contributed by atoms with E-state index in [2.05, 4.69) is 20.0 Å². The molecule has 138 valence electrons. The molecule has 4 aromatic rings. The van der Waals surface area contributed by atoms with Crippen molar-refractivity contribution in [2.24, 2.45) is 0 Å². The number of hydrogen-bond acceptors (Lipinski definition) is 4. The molecule has 0 radical (unpaired) electrons. The van der Waals surface area contributed by atoms with Crippen LogP contribution in [0.5, 0.6) is 0 Å². The van der Waals surface area contributed by atoms with E-state index in [9.17, 15) is 4.79 Å². The summed E-state index contributed by atoms with van der Waals surface area (Å²) in [5.74, 6) is -0.116. The molecule has 28 heavy (non-hydrogen) atoms. The van der Waals surface area contributed by atoms with Gasteiger partial charge in [0.05, 0.1) is 11.2 Å². The molecule has 0 atom stereocenters. The molecule has 0 spiro atoms. The Morgan fingerprint density at radius 2 is 2.04 bits per heavy atom. The quantitative estimate of drug-likeness (QED) is 0.600. The fourth-order valence-electron chi connectivity index (χ4n) is 3.95. The van der Waals surface area contributed by atoms with Crippen LogP contribution in [0, 0.1) is 0 Å². The van der Waals surface area contributed by atoms with Crippen LogP contribution in [0.4, 0.5) is 0 Å². The summed E-state index contributed by atoms with van der Waals surface area (Å²) in [5.41, 5.74) is 6.61. The van der Waals surface area contributed by atoms with Gasteiger partial charge in [-0.25, -0.2) is 0 Å². The van der Waals surface area contributed by atoms with E-state index in [1.807, 2.05) is 42.5 Å². The number of amides is 1. The van der Waals surface area contributed by atoms with Crippen LogP contribution in [-0.2, 0) is 13.0 Å². The second kappa shape index (κ2) is 6.56. The van der Waals surface area contributed by atoms with Gasteiger partial charge in [0.25, 0.3) is 5.91 Å². The monoisotopic (exact) mass is 369 g/mol. The number of nitrogens with zero attached hydrogens (tertiary/aromatic N) is 4. The highest BCUT2D eigenvalue weighted by Gasteiger charge is 2.25. The number of pyridine rings is 2.